The molecule has 1 N–H and O–H groups in total. The standard InChI is InChI=1S/C11H13NO4/c13-10-9(11(14)15)4-1-5-12(10)7-8-3-2-6-16-8/h1,4-5,8H,2-3,6-7H2,(H,14,15)/t8-/m0/s1. The van der Waals surface area contributed by atoms with Crippen molar-refractivity contribution in [3.05, 3.63) is 34.2 Å². The fourth-order valence-electron chi connectivity index (χ4n) is 1.85. The summed E-state index contributed by atoms with van der Waals surface area (Å²) < 4.78 is 6.81. The molecule has 16 heavy (non-hydrogen) atoms. The molecule has 0 unspecified atom stereocenters. The average Bonchev–Trinajstić information content (AvgIpc) is 2.73. The first-order valence-corrected chi connectivity index (χ1v) is 5.23. The van der Waals surface area contributed by atoms with E-state index in [-0.39, 0.29) is 11.7 Å². The first kappa shape index (κ1) is 10.9. The van der Waals surface area contributed by atoms with Gasteiger partial charge in [-0.3, -0.25) is 4.79 Å². The van der Waals surface area contributed by atoms with Crippen molar-refractivity contribution in [2.45, 2.75) is 25.5 Å². The van der Waals surface area contributed by atoms with Gasteiger partial charge in [-0.2, -0.15) is 0 Å². The summed E-state index contributed by atoms with van der Waals surface area (Å²) >= 11 is 0. The van der Waals surface area contributed by atoms with Gasteiger partial charge in [0.15, 0.2) is 0 Å². The predicted octanol–water partition coefficient (Wildman–Crippen LogP) is 0.726. The maximum absolute atomic E-state index is 11.7. The number of ether oxygens (including phenoxy) is 1. The largest absolute Gasteiger partial charge is 0.477 e. The zero-order chi connectivity index (χ0) is 11.5. The zero-order valence-corrected chi connectivity index (χ0v) is 8.76. The van der Waals surface area contributed by atoms with Crippen molar-refractivity contribution in [2.75, 3.05) is 6.61 Å². The Morgan fingerprint density at radius 1 is 1.62 bits per heavy atom. The lowest BCUT2D eigenvalue weighted by molar-refractivity contribution is 0.0691. The Hall–Kier alpha value is -1.62. The number of hydrogen-bond acceptors (Lipinski definition) is 3. The lowest BCUT2D eigenvalue weighted by atomic mass is 10.2. The molecule has 1 fully saturated rings. The second kappa shape index (κ2) is 4.49. The van der Waals surface area contributed by atoms with E-state index in [1.165, 1.54) is 10.6 Å². The minimum absolute atomic E-state index is 0.0294. The molecule has 86 valence electrons. The molecule has 1 atom stereocenters. The van der Waals surface area contributed by atoms with Gasteiger partial charge in [0.05, 0.1) is 12.6 Å². The molecule has 0 aliphatic carbocycles. The predicted molar refractivity (Wildman–Crippen MR) is 56.6 cm³/mol. The third kappa shape index (κ3) is 2.14. The number of carbonyl (C=O) groups is 1. The summed E-state index contributed by atoms with van der Waals surface area (Å²) in [6, 6.07) is 2.89. The summed E-state index contributed by atoms with van der Waals surface area (Å²) in [5, 5.41) is 8.81. The Kier molecular flexibility index (Phi) is 3.05. The molecule has 0 bridgehead atoms. The van der Waals surface area contributed by atoms with Crippen LogP contribution in [0.5, 0.6) is 0 Å². The van der Waals surface area contributed by atoms with Crippen molar-refractivity contribution in [1.82, 2.24) is 4.57 Å². The number of pyridine rings is 1. The number of aromatic carboxylic acids is 1. The highest BCUT2D eigenvalue weighted by molar-refractivity contribution is 5.86. The molecule has 1 saturated heterocycles. The lowest BCUT2D eigenvalue weighted by Gasteiger charge is -2.11. The smallest absolute Gasteiger partial charge is 0.341 e. The molecule has 5 nitrogen and oxygen atoms in total. The number of rotatable bonds is 3. The van der Waals surface area contributed by atoms with Crippen molar-refractivity contribution in [3.63, 3.8) is 0 Å². The fraction of sp³-hybridized carbons (Fsp3) is 0.455. The Labute approximate surface area is 92.3 Å². The summed E-state index contributed by atoms with van der Waals surface area (Å²) in [6.45, 7) is 1.15. The van der Waals surface area contributed by atoms with Crippen molar-refractivity contribution < 1.29 is 14.6 Å². The van der Waals surface area contributed by atoms with Crippen molar-refractivity contribution >= 4 is 5.97 Å². The maximum atomic E-state index is 11.7. The van der Waals surface area contributed by atoms with E-state index in [2.05, 4.69) is 0 Å². The SMILES string of the molecule is O=C(O)c1cccn(C[C@@H]2CCCO2)c1=O. The van der Waals surface area contributed by atoms with E-state index < -0.39 is 11.5 Å². The van der Waals surface area contributed by atoms with Gasteiger partial charge in [-0.15, -0.1) is 0 Å². The molecule has 0 radical (unpaired) electrons. The van der Waals surface area contributed by atoms with Crippen LogP contribution in [0.25, 0.3) is 0 Å². The van der Waals surface area contributed by atoms with Crippen LogP contribution in [-0.4, -0.2) is 28.4 Å². The second-order valence-electron chi connectivity index (χ2n) is 3.82. The summed E-state index contributed by atoms with van der Waals surface area (Å²) in [6.07, 6.45) is 3.54. The van der Waals surface area contributed by atoms with Crippen LogP contribution >= 0.6 is 0 Å². The van der Waals surface area contributed by atoms with Crippen molar-refractivity contribution in [1.29, 1.82) is 0 Å². The van der Waals surface area contributed by atoms with Crippen LogP contribution < -0.4 is 5.56 Å². The van der Waals surface area contributed by atoms with Crippen LogP contribution in [0.2, 0.25) is 0 Å². The normalized spacial score (nSPS) is 19.9. The highest BCUT2D eigenvalue weighted by atomic mass is 16.5. The van der Waals surface area contributed by atoms with Crippen LogP contribution in [0.3, 0.4) is 0 Å². The van der Waals surface area contributed by atoms with Gasteiger partial charge in [0.25, 0.3) is 5.56 Å². The van der Waals surface area contributed by atoms with Gasteiger partial charge in [0.2, 0.25) is 0 Å². The van der Waals surface area contributed by atoms with E-state index in [1.807, 2.05) is 0 Å². The van der Waals surface area contributed by atoms with Gasteiger partial charge in [-0.05, 0) is 25.0 Å². The van der Waals surface area contributed by atoms with E-state index in [0.29, 0.717) is 6.54 Å². The maximum Gasteiger partial charge on any atom is 0.341 e. The van der Waals surface area contributed by atoms with Crippen LogP contribution in [0.15, 0.2) is 23.1 Å². The van der Waals surface area contributed by atoms with Crippen LogP contribution in [0, 0.1) is 0 Å². The Balaban J connectivity index is 2.24. The van der Waals surface area contributed by atoms with Gasteiger partial charge in [0, 0.05) is 12.8 Å². The minimum atomic E-state index is -1.19. The van der Waals surface area contributed by atoms with Crippen LogP contribution in [0.4, 0.5) is 0 Å². The molecule has 0 spiro atoms. The van der Waals surface area contributed by atoms with Gasteiger partial charge >= 0.3 is 5.97 Å². The van der Waals surface area contributed by atoms with E-state index in [1.54, 1.807) is 12.3 Å². The summed E-state index contributed by atoms with van der Waals surface area (Å²) in [7, 11) is 0. The first-order valence-electron chi connectivity index (χ1n) is 5.23. The highest BCUT2D eigenvalue weighted by Crippen LogP contribution is 2.13. The molecular formula is C11H13NO4. The lowest BCUT2D eigenvalue weighted by Crippen LogP contribution is -2.29. The van der Waals surface area contributed by atoms with E-state index in [9.17, 15) is 9.59 Å². The molecule has 5 heteroatoms. The van der Waals surface area contributed by atoms with Crippen molar-refractivity contribution in [2.24, 2.45) is 0 Å². The van der Waals surface area contributed by atoms with Crippen molar-refractivity contribution in [3.8, 4) is 0 Å². The number of nitrogens with zero attached hydrogens (tertiary/aromatic N) is 1. The molecule has 0 amide bonds. The number of aromatic nitrogens is 1. The molecular weight excluding hydrogens is 210 g/mol. The number of hydrogen-bond donors (Lipinski definition) is 1. The van der Waals surface area contributed by atoms with Gasteiger partial charge in [0.1, 0.15) is 5.56 Å². The molecule has 0 aromatic carbocycles. The molecule has 2 rings (SSSR count). The Bertz CT molecular complexity index is 446. The number of carboxylic acids is 1. The first-order chi connectivity index (χ1) is 7.68. The molecule has 0 saturated carbocycles. The van der Waals surface area contributed by atoms with E-state index >= 15 is 0 Å². The van der Waals surface area contributed by atoms with E-state index in [0.717, 1.165) is 19.4 Å². The average molecular weight is 223 g/mol. The van der Waals surface area contributed by atoms with Crippen LogP contribution in [0.1, 0.15) is 23.2 Å². The molecule has 1 aliphatic heterocycles. The van der Waals surface area contributed by atoms with Gasteiger partial charge in [-0.25, -0.2) is 4.79 Å². The topological polar surface area (TPSA) is 68.5 Å². The quantitative estimate of drug-likeness (QED) is 0.820. The summed E-state index contributed by atoms with van der Waals surface area (Å²) in [5.74, 6) is -1.19. The molecule has 1 aromatic heterocycles. The molecule has 1 aliphatic rings. The molecule has 2 heterocycles. The van der Waals surface area contributed by atoms with Crippen LogP contribution in [-0.2, 0) is 11.3 Å². The third-order valence-electron chi connectivity index (χ3n) is 2.67. The zero-order valence-electron chi connectivity index (χ0n) is 8.76. The molecule has 1 aromatic rings. The number of carboxylic acid groups (broad SMARTS) is 1. The monoisotopic (exact) mass is 223 g/mol. The highest BCUT2D eigenvalue weighted by Gasteiger charge is 2.18. The Morgan fingerprint density at radius 2 is 2.44 bits per heavy atom. The van der Waals surface area contributed by atoms with Gasteiger partial charge in [-0.1, -0.05) is 0 Å². The summed E-state index contributed by atoms with van der Waals surface area (Å²) in [5.41, 5.74) is -0.661. The second-order valence-corrected chi connectivity index (χ2v) is 3.82. The van der Waals surface area contributed by atoms with Gasteiger partial charge < -0.3 is 14.4 Å². The summed E-state index contributed by atoms with van der Waals surface area (Å²) in [4.78, 5) is 22.5. The Morgan fingerprint density at radius 3 is 3.06 bits per heavy atom. The third-order valence-corrected chi connectivity index (χ3v) is 2.67. The fourth-order valence-corrected chi connectivity index (χ4v) is 1.85. The minimum Gasteiger partial charge on any atom is -0.477 e. The van der Waals surface area contributed by atoms with E-state index in [4.69, 9.17) is 9.84 Å².